The third-order valence-electron chi connectivity index (χ3n) is 3.80. The molecule has 0 bridgehead atoms. The maximum Gasteiger partial charge on any atom is 0.220 e. The first-order chi connectivity index (χ1) is 8.82. The highest BCUT2D eigenvalue weighted by Gasteiger charge is 2.31. The normalized spacial score (nSPS) is 18.3. The van der Waals surface area contributed by atoms with Gasteiger partial charge in [-0.15, -0.1) is 0 Å². The van der Waals surface area contributed by atoms with Crippen molar-refractivity contribution in [3.63, 3.8) is 0 Å². The summed E-state index contributed by atoms with van der Waals surface area (Å²) in [4.78, 5) is 23.6. The predicted octanol–water partition coefficient (Wildman–Crippen LogP) is 2.79. The van der Waals surface area contributed by atoms with E-state index in [-0.39, 0.29) is 23.0 Å². The number of carbonyl (C=O) groups excluding carboxylic acids is 2. The number of benzene rings is 1. The summed E-state index contributed by atoms with van der Waals surface area (Å²) in [5, 5.41) is 2.62. The van der Waals surface area contributed by atoms with Crippen molar-refractivity contribution in [1.82, 2.24) is 5.32 Å². The molecule has 0 radical (unpaired) electrons. The molecule has 102 valence electrons. The molecule has 1 aliphatic rings. The Bertz CT molecular complexity index is 526. The van der Waals surface area contributed by atoms with E-state index in [0.29, 0.717) is 12.8 Å². The molecule has 0 heterocycles. The van der Waals surface area contributed by atoms with Crippen molar-refractivity contribution in [1.29, 1.82) is 0 Å². The highest BCUT2D eigenvalue weighted by atomic mass is 16.1. The van der Waals surface area contributed by atoms with E-state index in [1.807, 2.05) is 12.1 Å². The van der Waals surface area contributed by atoms with Crippen molar-refractivity contribution in [2.24, 2.45) is 0 Å². The fourth-order valence-electron chi connectivity index (χ4n) is 2.57. The van der Waals surface area contributed by atoms with Crippen molar-refractivity contribution in [3.05, 3.63) is 34.9 Å². The summed E-state index contributed by atoms with van der Waals surface area (Å²) in [6.45, 7) is 6.41. The van der Waals surface area contributed by atoms with Crippen LogP contribution in [0.4, 0.5) is 0 Å². The van der Waals surface area contributed by atoms with Gasteiger partial charge in [0.05, 0.1) is 0 Å². The van der Waals surface area contributed by atoms with Gasteiger partial charge in [-0.1, -0.05) is 32.9 Å². The van der Waals surface area contributed by atoms with E-state index in [2.05, 4.69) is 32.2 Å². The number of fused-ring (bicyclic) bond motifs is 1. The summed E-state index contributed by atoms with van der Waals surface area (Å²) in [7, 11) is 1.63. The second kappa shape index (κ2) is 4.80. The van der Waals surface area contributed by atoms with E-state index in [1.54, 1.807) is 7.05 Å². The predicted molar refractivity (Wildman–Crippen MR) is 75.5 cm³/mol. The molecule has 2 rings (SSSR count). The lowest BCUT2D eigenvalue weighted by Gasteiger charge is -2.20. The van der Waals surface area contributed by atoms with Gasteiger partial charge in [-0.2, -0.15) is 0 Å². The second-order valence-electron chi connectivity index (χ2n) is 6.25. The molecule has 19 heavy (non-hydrogen) atoms. The summed E-state index contributed by atoms with van der Waals surface area (Å²) in [6, 6.07) is 6.10. The van der Waals surface area contributed by atoms with Gasteiger partial charge in [0.15, 0.2) is 5.78 Å². The third-order valence-corrected chi connectivity index (χ3v) is 3.80. The van der Waals surface area contributed by atoms with E-state index in [1.165, 1.54) is 5.56 Å². The van der Waals surface area contributed by atoms with E-state index in [9.17, 15) is 9.59 Å². The minimum Gasteiger partial charge on any atom is -0.359 e. The van der Waals surface area contributed by atoms with Crippen LogP contribution in [-0.2, 0) is 10.2 Å². The van der Waals surface area contributed by atoms with Crippen LogP contribution in [0.15, 0.2) is 18.2 Å². The SMILES string of the molecule is CNC(=O)CC1CC(=O)c2cc(C(C)(C)C)ccc21. The molecular formula is C16H21NO2. The quantitative estimate of drug-likeness (QED) is 0.887. The first kappa shape index (κ1) is 13.8. The number of amides is 1. The van der Waals surface area contributed by atoms with Crippen LogP contribution < -0.4 is 5.32 Å². The van der Waals surface area contributed by atoms with Crippen molar-refractivity contribution in [2.45, 2.75) is 44.9 Å². The van der Waals surface area contributed by atoms with Crippen molar-refractivity contribution in [2.75, 3.05) is 7.05 Å². The number of hydrogen-bond acceptors (Lipinski definition) is 2. The number of carbonyl (C=O) groups is 2. The summed E-state index contributed by atoms with van der Waals surface area (Å²) in [5.74, 6) is 0.192. The fourth-order valence-corrected chi connectivity index (χ4v) is 2.57. The van der Waals surface area contributed by atoms with E-state index in [4.69, 9.17) is 0 Å². The Morgan fingerprint density at radius 3 is 2.63 bits per heavy atom. The first-order valence-electron chi connectivity index (χ1n) is 6.71. The van der Waals surface area contributed by atoms with Gasteiger partial charge in [0.25, 0.3) is 0 Å². The highest BCUT2D eigenvalue weighted by Crippen LogP contribution is 2.37. The number of hydrogen-bond donors (Lipinski definition) is 1. The molecule has 1 N–H and O–H groups in total. The van der Waals surface area contributed by atoms with E-state index in [0.717, 1.165) is 11.1 Å². The zero-order chi connectivity index (χ0) is 14.2. The molecule has 1 atom stereocenters. The van der Waals surface area contributed by atoms with Crippen LogP contribution in [0, 0.1) is 0 Å². The Balaban J connectivity index is 2.34. The molecular weight excluding hydrogens is 238 g/mol. The third kappa shape index (κ3) is 2.70. The number of rotatable bonds is 2. The van der Waals surface area contributed by atoms with Crippen LogP contribution in [0.5, 0.6) is 0 Å². The molecule has 1 aliphatic carbocycles. The maximum absolute atomic E-state index is 12.1. The molecule has 0 spiro atoms. The average Bonchev–Trinajstić information content (AvgIpc) is 2.65. The highest BCUT2D eigenvalue weighted by molar-refractivity contribution is 6.02. The van der Waals surface area contributed by atoms with Crippen LogP contribution in [0.1, 0.15) is 61.0 Å². The molecule has 1 aromatic carbocycles. The van der Waals surface area contributed by atoms with Gasteiger partial charge in [-0.3, -0.25) is 9.59 Å². The molecule has 0 aliphatic heterocycles. The monoisotopic (exact) mass is 259 g/mol. The summed E-state index contributed by atoms with van der Waals surface area (Å²) in [5.41, 5.74) is 3.04. The number of ketones is 1. The Morgan fingerprint density at radius 2 is 2.05 bits per heavy atom. The lowest BCUT2D eigenvalue weighted by molar-refractivity contribution is -0.120. The Morgan fingerprint density at radius 1 is 1.37 bits per heavy atom. The van der Waals surface area contributed by atoms with Gasteiger partial charge in [-0.05, 0) is 22.6 Å². The largest absolute Gasteiger partial charge is 0.359 e. The molecule has 1 amide bonds. The Hall–Kier alpha value is -1.64. The Labute approximate surface area is 114 Å². The molecule has 0 saturated heterocycles. The first-order valence-corrected chi connectivity index (χ1v) is 6.71. The smallest absolute Gasteiger partial charge is 0.220 e. The van der Waals surface area contributed by atoms with Gasteiger partial charge in [0, 0.05) is 31.4 Å². The van der Waals surface area contributed by atoms with Crippen LogP contribution >= 0.6 is 0 Å². The molecule has 1 unspecified atom stereocenters. The molecule has 0 aromatic heterocycles. The van der Waals surface area contributed by atoms with E-state index < -0.39 is 0 Å². The molecule has 0 fully saturated rings. The lowest BCUT2D eigenvalue weighted by Crippen LogP contribution is -2.19. The number of Topliss-reactive ketones (excluding diaryl/α,β-unsaturated/α-hetero) is 1. The van der Waals surface area contributed by atoms with Gasteiger partial charge < -0.3 is 5.32 Å². The van der Waals surface area contributed by atoms with E-state index >= 15 is 0 Å². The van der Waals surface area contributed by atoms with Crippen LogP contribution in [0.2, 0.25) is 0 Å². The second-order valence-corrected chi connectivity index (χ2v) is 6.25. The molecule has 3 heteroatoms. The summed E-state index contributed by atoms with van der Waals surface area (Å²) in [6.07, 6.45) is 0.848. The topological polar surface area (TPSA) is 46.2 Å². The molecule has 1 aromatic rings. The zero-order valence-corrected chi connectivity index (χ0v) is 12.0. The lowest BCUT2D eigenvalue weighted by atomic mass is 9.85. The minimum absolute atomic E-state index is 0.00875. The number of nitrogens with one attached hydrogen (secondary N) is 1. The molecule has 0 saturated carbocycles. The summed E-state index contributed by atoms with van der Waals surface area (Å²) >= 11 is 0. The fraction of sp³-hybridized carbons (Fsp3) is 0.500. The van der Waals surface area contributed by atoms with Crippen molar-refractivity contribution in [3.8, 4) is 0 Å². The van der Waals surface area contributed by atoms with Crippen LogP contribution in [0.3, 0.4) is 0 Å². The minimum atomic E-state index is -0.00875. The van der Waals surface area contributed by atoms with Gasteiger partial charge >= 0.3 is 0 Å². The standard InChI is InChI=1S/C16H21NO2/c1-16(2,3)11-5-6-12-10(8-15(19)17-4)7-14(18)13(12)9-11/h5-6,9-10H,7-8H2,1-4H3,(H,17,19). The maximum atomic E-state index is 12.1. The Kier molecular flexibility index (Phi) is 3.48. The van der Waals surface area contributed by atoms with Crippen LogP contribution in [0.25, 0.3) is 0 Å². The van der Waals surface area contributed by atoms with Gasteiger partial charge in [0.2, 0.25) is 5.91 Å². The van der Waals surface area contributed by atoms with Crippen LogP contribution in [-0.4, -0.2) is 18.7 Å². The van der Waals surface area contributed by atoms with Crippen molar-refractivity contribution < 1.29 is 9.59 Å². The molecule has 3 nitrogen and oxygen atoms in total. The summed E-state index contributed by atoms with van der Waals surface area (Å²) < 4.78 is 0. The van der Waals surface area contributed by atoms with Gasteiger partial charge in [-0.25, -0.2) is 0 Å². The zero-order valence-electron chi connectivity index (χ0n) is 12.0. The average molecular weight is 259 g/mol. The van der Waals surface area contributed by atoms with Crippen molar-refractivity contribution >= 4 is 11.7 Å². The van der Waals surface area contributed by atoms with Gasteiger partial charge in [0.1, 0.15) is 0 Å².